The van der Waals surface area contributed by atoms with Gasteiger partial charge in [0.1, 0.15) is 0 Å². The number of hydrogen-bond acceptors (Lipinski definition) is 2. The van der Waals surface area contributed by atoms with Gasteiger partial charge in [-0.2, -0.15) is 0 Å². The maximum absolute atomic E-state index is 10.9. The molecule has 0 atom stereocenters. The molecule has 3 nitrogen and oxygen atoms in total. The fourth-order valence-electron chi connectivity index (χ4n) is 1.72. The normalized spacial score (nSPS) is 15.1. The van der Waals surface area contributed by atoms with Crippen LogP contribution in [0.25, 0.3) is 0 Å². The Hall–Kier alpha value is -1.38. The highest BCUT2D eigenvalue weighted by atomic mass is 16.1. The molecule has 0 radical (unpaired) electrons. The molecule has 68 valence electrons. The van der Waals surface area contributed by atoms with Crippen molar-refractivity contribution in [3.63, 3.8) is 0 Å². The first-order valence-corrected chi connectivity index (χ1v) is 4.55. The molecule has 2 N–H and O–H groups in total. The molecule has 1 aromatic rings. The van der Waals surface area contributed by atoms with Crippen molar-refractivity contribution in [1.29, 1.82) is 0 Å². The molecule has 0 spiro atoms. The van der Waals surface area contributed by atoms with Crippen molar-refractivity contribution in [3.8, 4) is 0 Å². The first-order valence-electron chi connectivity index (χ1n) is 4.55. The molecule has 0 fully saturated rings. The number of primary amides is 1. The predicted molar refractivity (Wildman–Crippen MR) is 49.4 cm³/mol. The van der Waals surface area contributed by atoms with Gasteiger partial charge in [-0.1, -0.05) is 0 Å². The second kappa shape index (κ2) is 3.17. The predicted octanol–water partition coefficient (Wildman–Crippen LogP) is 1.06. The van der Waals surface area contributed by atoms with Crippen molar-refractivity contribution in [3.05, 3.63) is 29.1 Å². The standard InChI is InChI=1S/C10H12N2O/c11-10(13)8-5-7-3-1-2-4-9(7)12-6-8/h5-6H,1-4H2,(H2,11,13). The Bertz CT molecular complexity index is 347. The van der Waals surface area contributed by atoms with E-state index in [1.807, 2.05) is 6.07 Å². The Morgan fingerprint density at radius 3 is 2.92 bits per heavy atom. The number of pyridine rings is 1. The third kappa shape index (κ3) is 1.54. The number of fused-ring (bicyclic) bond motifs is 1. The summed E-state index contributed by atoms with van der Waals surface area (Å²) in [5.74, 6) is -0.388. The van der Waals surface area contributed by atoms with Crippen molar-refractivity contribution >= 4 is 5.91 Å². The van der Waals surface area contributed by atoms with E-state index < -0.39 is 0 Å². The lowest BCUT2D eigenvalue weighted by molar-refractivity contribution is 0.1000. The monoisotopic (exact) mass is 176 g/mol. The third-order valence-corrected chi connectivity index (χ3v) is 2.45. The minimum absolute atomic E-state index is 0.388. The number of aryl methyl sites for hydroxylation is 2. The van der Waals surface area contributed by atoms with Gasteiger partial charge in [-0.05, 0) is 37.3 Å². The van der Waals surface area contributed by atoms with Gasteiger partial charge in [0.05, 0.1) is 5.56 Å². The molecular formula is C10H12N2O. The molecule has 1 aliphatic rings. The molecule has 1 heterocycles. The lowest BCUT2D eigenvalue weighted by Crippen LogP contribution is -2.14. The van der Waals surface area contributed by atoms with E-state index >= 15 is 0 Å². The first kappa shape index (κ1) is 8.23. The van der Waals surface area contributed by atoms with Crippen LogP contribution in [-0.4, -0.2) is 10.9 Å². The van der Waals surface area contributed by atoms with E-state index in [0.717, 1.165) is 18.5 Å². The number of carbonyl (C=O) groups is 1. The maximum Gasteiger partial charge on any atom is 0.250 e. The van der Waals surface area contributed by atoms with Crippen molar-refractivity contribution in [2.45, 2.75) is 25.7 Å². The molecule has 0 aromatic carbocycles. The fraction of sp³-hybridized carbons (Fsp3) is 0.400. The molecule has 0 aliphatic heterocycles. The number of aromatic nitrogens is 1. The summed E-state index contributed by atoms with van der Waals surface area (Å²) in [7, 11) is 0. The highest BCUT2D eigenvalue weighted by Gasteiger charge is 2.12. The van der Waals surface area contributed by atoms with Crippen LogP contribution in [0.5, 0.6) is 0 Å². The average Bonchev–Trinajstić information content (AvgIpc) is 2.17. The van der Waals surface area contributed by atoms with Crippen molar-refractivity contribution in [2.75, 3.05) is 0 Å². The quantitative estimate of drug-likeness (QED) is 0.695. The van der Waals surface area contributed by atoms with Gasteiger partial charge in [0.2, 0.25) is 5.91 Å². The Kier molecular flexibility index (Phi) is 2.00. The van der Waals surface area contributed by atoms with Crippen LogP contribution in [0.15, 0.2) is 12.3 Å². The molecule has 1 aliphatic carbocycles. The minimum atomic E-state index is -0.388. The maximum atomic E-state index is 10.9. The summed E-state index contributed by atoms with van der Waals surface area (Å²) in [6.45, 7) is 0. The van der Waals surface area contributed by atoms with Gasteiger partial charge in [-0.15, -0.1) is 0 Å². The molecule has 3 heteroatoms. The zero-order valence-corrected chi connectivity index (χ0v) is 7.42. The summed E-state index contributed by atoms with van der Waals surface area (Å²) < 4.78 is 0. The zero-order valence-electron chi connectivity index (χ0n) is 7.42. The first-order chi connectivity index (χ1) is 6.27. The van der Waals surface area contributed by atoms with Crippen LogP contribution in [0.4, 0.5) is 0 Å². The summed E-state index contributed by atoms with van der Waals surface area (Å²) in [6.07, 6.45) is 6.04. The molecule has 0 saturated carbocycles. The van der Waals surface area contributed by atoms with Crippen LogP contribution in [-0.2, 0) is 12.8 Å². The van der Waals surface area contributed by atoms with Gasteiger partial charge in [0.25, 0.3) is 0 Å². The summed E-state index contributed by atoms with van der Waals surface area (Å²) >= 11 is 0. The number of amides is 1. The molecule has 0 unspecified atom stereocenters. The lowest BCUT2D eigenvalue weighted by Gasteiger charge is -2.14. The number of rotatable bonds is 1. The molecule has 1 aromatic heterocycles. The summed E-state index contributed by atoms with van der Waals surface area (Å²) in [5, 5.41) is 0. The fourth-order valence-corrected chi connectivity index (χ4v) is 1.72. The van der Waals surface area contributed by atoms with Crippen LogP contribution in [0.2, 0.25) is 0 Å². The van der Waals surface area contributed by atoms with Crippen molar-refractivity contribution in [2.24, 2.45) is 5.73 Å². The zero-order chi connectivity index (χ0) is 9.26. The smallest absolute Gasteiger partial charge is 0.250 e. The highest BCUT2D eigenvalue weighted by Crippen LogP contribution is 2.19. The van der Waals surface area contributed by atoms with Crippen molar-refractivity contribution < 1.29 is 4.79 Å². The lowest BCUT2D eigenvalue weighted by atomic mass is 9.95. The van der Waals surface area contributed by atoms with Crippen LogP contribution < -0.4 is 5.73 Å². The van der Waals surface area contributed by atoms with E-state index in [9.17, 15) is 4.79 Å². The van der Waals surface area contributed by atoms with Gasteiger partial charge >= 0.3 is 0 Å². The Labute approximate surface area is 77.0 Å². The van der Waals surface area contributed by atoms with E-state index in [0.29, 0.717) is 5.56 Å². The molecule has 0 saturated heterocycles. The molecule has 0 bridgehead atoms. The summed E-state index contributed by atoms with van der Waals surface area (Å²) in [5.41, 5.74) is 8.03. The van der Waals surface area contributed by atoms with E-state index in [2.05, 4.69) is 4.98 Å². The third-order valence-electron chi connectivity index (χ3n) is 2.45. The Morgan fingerprint density at radius 2 is 2.15 bits per heavy atom. The van der Waals surface area contributed by atoms with Gasteiger partial charge in [0, 0.05) is 11.9 Å². The van der Waals surface area contributed by atoms with Crippen LogP contribution >= 0.6 is 0 Å². The van der Waals surface area contributed by atoms with Gasteiger partial charge < -0.3 is 5.73 Å². The molecule has 2 rings (SSSR count). The average molecular weight is 176 g/mol. The molecule has 13 heavy (non-hydrogen) atoms. The second-order valence-electron chi connectivity index (χ2n) is 3.40. The Balaban J connectivity index is 2.40. The molecule has 1 amide bonds. The van der Waals surface area contributed by atoms with E-state index in [-0.39, 0.29) is 5.91 Å². The summed E-state index contributed by atoms with van der Waals surface area (Å²) in [4.78, 5) is 15.1. The topological polar surface area (TPSA) is 56.0 Å². The SMILES string of the molecule is NC(=O)c1cnc2c(c1)CCCC2. The van der Waals surface area contributed by atoms with Gasteiger partial charge in [-0.25, -0.2) is 0 Å². The number of hydrogen-bond donors (Lipinski definition) is 1. The number of carbonyl (C=O) groups excluding carboxylic acids is 1. The van der Waals surface area contributed by atoms with Crippen LogP contribution in [0, 0.1) is 0 Å². The Morgan fingerprint density at radius 1 is 1.38 bits per heavy atom. The van der Waals surface area contributed by atoms with E-state index in [1.165, 1.54) is 18.4 Å². The van der Waals surface area contributed by atoms with Crippen molar-refractivity contribution in [1.82, 2.24) is 4.98 Å². The highest BCUT2D eigenvalue weighted by molar-refractivity contribution is 5.92. The minimum Gasteiger partial charge on any atom is -0.366 e. The van der Waals surface area contributed by atoms with Crippen LogP contribution in [0.3, 0.4) is 0 Å². The summed E-state index contributed by atoms with van der Waals surface area (Å²) in [6, 6.07) is 1.88. The number of nitrogens with two attached hydrogens (primary N) is 1. The van der Waals surface area contributed by atoms with Gasteiger partial charge in [0.15, 0.2) is 0 Å². The largest absolute Gasteiger partial charge is 0.366 e. The van der Waals surface area contributed by atoms with E-state index in [1.54, 1.807) is 6.20 Å². The van der Waals surface area contributed by atoms with E-state index in [4.69, 9.17) is 5.73 Å². The second-order valence-corrected chi connectivity index (χ2v) is 3.40. The van der Waals surface area contributed by atoms with Gasteiger partial charge in [-0.3, -0.25) is 9.78 Å². The molecular weight excluding hydrogens is 164 g/mol. The van der Waals surface area contributed by atoms with Crippen LogP contribution in [0.1, 0.15) is 34.5 Å². The number of nitrogens with zero attached hydrogens (tertiary/aromatic N) is 1.